The Balaban J connectivity index is 1.26. The molecule has 0 bridgehead atoms. The van der Waals surface area contributed by atoms with Crippen LogP contribution in [0.3, 0.4) is 0 Å². The van der Waals surface area contributed by atoms with Gasteiger partial charge in [0, 0.05) is 18.4 Å². The highest BCUT2D eigenvalue weighted by molar-refractivity contribution is 6.16. The summed E-state index contributed by atoms with van der Waals surface area (Å²) in [6, 6.07) is 25.5. The number of hydrogen-bond acceptors (Lipinski definition) is 6. The van der Waals surface area contributed by atoms with E-state index in [2.05, 4.69) is 0 Å². The Morgan fingerprint density at radius 1 is 0.976 bits per heavy atom. The molecule has 0 aliphatic carbocycles. The van der Waals surface area contributed by atoms with Crippen LogP contribution in [0.2, 0.25) is 0 Å². The summed E-state index contributed by atoms with van der Waals surface area (Å²) in [6.45, 7) is 5.03. The Kier molecular flexibility index (Phi) is 7.84. The first kappa shape index (κ1) is 26.8. The maximum atomic E-state index is 13.8. The van der Waals surface area contributed by atoms with Gasteiger partial charge in [-0.3, -0.25) is 9.59 Å². The first-order valence-corrected chi connectivity index (χ1v) is 14.0. The minimum absolute atomic E-state index is 0.0331. The molecule has 1 atom stereocenters. The van der Waals surface area contributed by atoms with E-state index >= 15 is 0 Å². The summed E-state index contributed by atoms with van der Waals surface area (Å²) < 4.78 is 17.3. The smallest absolute Gasteiger partial charge is 0.290 e. The molecule has 1 fully saturated rings. The lowest BCUT2D eigenvalue weighted by molar-refractivity contribution is -0.908. The summed E-state index contributed by atoms with van der Waals surface area (Å²) in [7, 11) is 0. The molecule has 0 saturated carbocycles. The molecule has 3 aromatic carbocycles. The molecule has 210 valence electrons. The Morgan fingerprint density at radius 2 is 1.71 bits per heavy atom. The number of quaternary nitrogens is 1. The van der Waals surface area contributed by atoms with Crippen LogP contribution in [-0.2, 0) is 16.1 Å². The van der Waals surface area contributed by atoms with E-state index in [1.807, 2.05) is 72.8 Å². The van der Waals surface area contributed by atoms with Crippen LogP contribution < -0.4 is 9.64 Å². The zero-order valence-electron chi connectivity index (χ0n) is 22.8. The second-order valence-electron chi connectivity index (χ2n) is 10.5. The summed E-state index contributed by atoms with van der Waals surface area (Å²) in [5.74, 6) is -0.807. The predicted octanol–water partition coefficient (Wildman–Crippen LogP) is 3.90. The maximum absolute atomic E-state index is 13.8. The van der Waals surface area contributed by atoms with Crippen molar-refractivity contribution in [3.05, 3.63) is 113 Å². The van der Waals surface area contributed by atoms with Gasteiger partial charge in [0.25, 0.3) is 5.91 Å². The number of aliphatic hydroxyl groups is 1. The lowest BCUT2D eigenvalue weighted by Crippen LogP contribution is -3.14. The van der Waals surface area contributed by atoms with E-state index in [1.165, 1.54) is 4.90 Å². The minimum atomic E-state index is -0.744. The fourth-order valence-corrected chi connectivity index (χ4v) is 5.59. The van der Waals surface area contributed by atoms with Crippen molar-refractivity contribution in [2.75, 3.05) is 39.4 Å². The number of para-hydroxylation sites is 1. The van der Waals surface area contributed by atoms with E-state index in [0.717, 1.165) is 50.2 Å². The molecular weight excluding hydrogens is 520 g/mol. The average Bonchev–Trinajstić information content (AvgIpc) is 3.56. The molecule has 6 rings (SSSR count). The molecule has 4 aromatic rings. The number of carbonyl (C=O) groups excluding carboxylic acids is 2. The third kappa shape index (κ3) is 5.75. The number of ether oxygens (including phenoxy) is 2. The largest absolute Gasteiger partial charge is 0.503 e. The Hall–Kier alpha value is -4.40. The lowest BCUT2D eigenvalue weighted by Gasteiger charge is -2.28. The van der Waals surface area contributed by atoms with Crippen LogP contribution in [0.5, 0.6) is 5.75 Å². The molecule has 8 heteroatoms. The summed E-state index contributed by atoms with van der Waals surface area (Å²) >= 11 is 0. The third-order valence-corrected chi connectivity index (χ3v) is 7.77. The van der Waals surface area contributed by atoms with Gasteiger partial charge in [-0.15, -0.1) is 0 Å². The number of morpholine rings is 1. The van der Waals surface area contributed by atoms with Crippen molar-refractivity contribution in [3.63, 3.8) is 0 Å². The van der Waals surface area contributed by atoms with Gasteiger partial charge < -0.3 is 28.8 Å². The first-order chi connectivity index (χ1) is 20.1. The van der Waals surface area contributed by atoms with Gasteiger partial charge in [0.1, 0.15) is 31.0 Å². The molecule has 8 nitrogen and oxygen atoms in total. The number of nitrogens with one attached hydrogen (secondary N) is 1. The van der Waals surface area contributed by atoms with Crippen molar-refractivity contribution in [2.45, 2.75) is 19.1 Å². The van der Waals surface area contributed by atoms with Crippen molar-refractivity contribution < 1.29 is 33.5 Å². The van der Waals surface area contributed by atoms with Gasteiger partial charge in [-0.25, -0.2) is 0 Å². The quantitative estimate of drug-likeness (QED) is 0.290. The maximum Gasteiger partial charge on any atom is 0.290 e. The Labute approximate surface area is 238 Å². The summed E-state index contributed by atoms with van der Waals surface area (Å²) in [6.07, 6.45) is 0.731. The van der Waals surface area contributed by atoms with Crippen LogP contribution in [0.4, 0.5) is 0 Å². The minimum Gasteiger partial charge on any atom is -0.503 e. The van der Waals surface area contributed by atoms with Gasteiger partial charge >= 0.3 is 0 Å². The molecule has 1 aromatic heterocycles. The monoisotopic (exact) mass is 553 g/mol. The predicted molar refractivity (Wildman–Crippen MR) is 153 cm³/mol. The molecule has 2 aliphatic heterocycles. The molecule has 0 unspecified atom stereocenters. The molecule has 0 radical (unpaired) electrons. The molecule has 41 heavy (non-hydrogen) atoms. The van der Waals surface area contributed by atoms with Crippen molar-refractivity contribution in [2.24, 2.45) is 0 Å². The molecule has 0 spiro atoms. The van der Waals surface area contributed by atoms with Gasteiger partial charge in [0.15, 0.2) is 11.5 Å². The van der Waals surface area contributed by atoms with Gasteiger partial charge in [-0.1, -0.05) is 60.7 Å². The van der Waals surface area contributed by atoms with Gasteiger partial charge in [0.2, 0.25) is 5.78 Å². The SMILES string of the molecule is O=C(C1=C(O)C(=O)N(CCC[NH+]2CCOCC2)[C@@H]1c1ccc(OCc2ccccc2)cc1)c1cc2ccccc2o1. The van der Waals surface area contributed by atoms with Crippen LogP contribution in [0.1, 0.15) is 34.1 Å². The topological polar surface area (TPSA) is 93.7 Å². The van der Waals surface area contributed by atoms with E-state index in [4.69, 9.17) is 13.9 Å². The van der Waals surface area contributed by atoms with E-state index < -0.39 is 23.5 Å². The Bertz CT molecular complexity index is 1520. The number of Topliss-reactive ketones (excluding diaryl/α,β-unsaturated/α-hetero) is 1. The molecule has 1 saturated heterocycles. The number of ketones is 1. The van der Waals surface area contributed by atoms with Crippen molar-refractivity contribution >= 4 is 22.7 Å². The van der Waals surface area contributed by atoms with Crippen LogP contribution in [-0.4, -0.2) is 61.1 Å². The zero-order valence-corrected chi connectivity index (χ0v) is 22.8. The van der Waals surface area contributed by atoms with Crippen molar-refractivity contribution in [1.29, 1.82) is 0 Å². The fourth-order valence-electron chi connectivity index (χ4n) is 5.59. The number of fused-ring (bicyclic) bond motifs is 1. The summed E-state index contributed by atoms with van der Waals surface area (Å²) in [5, 5.41) is 11.8. The summed E-state index contributed by atoms with van der Waals surface area (Å²) in [5.41, 5.74) is 2.37. The van der Waals surface area contributed by atoms with E-state index in [9.17, 15) is 14.7 Å². The molecule has 2 aliphatic rings. The number of rotatable bonds is 10. The number of furan rings is 1. The van der Waals surface area contributed by atoms with E-state index in [-0.39, 0.29) is 11.3 Å². The van der Waals surface area contributed by atoms with Crippen LogP contribution in [0, 0.1) is 0 Å². The zero-order chi connectivity index (χ0) is 28.2. The molecule has 3 heterocycles. The van der Waals surface area contributed by atoms with Crippen LogP contribution in [0.25, 0.3) is 11.0 Å². The highest BCUT2D eigenvalue weighted by Crippen LogP contribution is 2.40. The van der Waals surface area contributed by atoms with Crippen molar-refractivity contribution in [1.82, 2.24) is 4.90 Å². The second-order valence-corrected chi connectivity index (χ2v) is 10.5. The average molecular weight is 554 g/mol. The number of amides is 1. The van der Waals surface area contributed by atoms with Crippen LogP contribution in [0.15, 0.2) is 101 Å². The Morgan fingerprint density at radius 3 is 2.46 bits per heavy atom. The third-order valence-electron chi connectivity index (χ3n) is 7.77. The number of aliphatic hydroxyl groups excluding tert-OH is 1. The second kappa shape index (κ2) is 12.0. The van der Waals surface area contributed by atoms with Gasteiger partial charge in [0.05, 0.1) is 31.4 Å². The van der Waals surface area contributed by atoms with E-state index in [0.29, 0.717) is 30.0 Å². The number of benzene rings is 3. The number of carbonyl (C=O) groups is 2. The number of hydrogen-bond donors (Lipinski definition) is 2. The van der Waals surface area contributed by atoms with Gasteiger partial charge in [-0.05, 0) is 35.4 Å². The van der Waals surface area contributed by atoms with E-state index in [1.54, 1.807) is 17.0 Å². The molecular formula is C33H33N2O6+. The molecule has 2 N–H and O–H groups in total. The number of nitrogens with zero attached hydrogens (tertiary/aromatic N) is 1. The highest BCUT2D eigenvalue weighted by Gasteiger charge is 2.44. The van der Waals surface area contributed by atoms with Gasteiger partial charge in [-0.2, -0.15) is 0 Å². The molecule has 1 amide bonds. The standard InChI is InChI=1S/C33H32N2O6/c36-31(28-21-25-9-4-5-10-27(25)41-28)29-30(24-11-13-26(14-12-24)40-22-23-7-2-1-3-8-23)35(33(38)32(29)37)16-6-15-34-17-19-39-20-18-34/h1-5,7-14,21,30,37H,6,15-20,22H2/p+1/t30-/m1/s1. The lowest BCUT2D eigenvalue weighted by atomic mass is 9.95. The fraction of sp³-hybridized carbons (Fsp3) is 0.273. The highest BCUT2D eigenvalue weighted by atomic mass is 16.5. The van der Waals surface area contributed by atoms with Crippen molar-refractivity contribution in [3.8, 4) is 5.75 Å². The first-order valence-electron chi connectivity index (χ1n) is 14.0. The summed E-state index contributed by atoms with van der Waals surface area (Å²) in [4.78, 5) is 30.2. The van der Waals surface area contributed by atoms with Crippen LogP contribution >= 0.6 is 0 Å². The normalized spacial score (nSPS) is 17.9.